The Balaban J connectivity index is 1.94. The summed E-state index contributed by atoms with van der Waals surface area (Å²) >= 11 is 0. The number of nitrogens with zero attached hydrogens (tertiary/aromatic N) is 2. The molecule has 0 aliphatic carbocycles. The normalized spacial score (nSPS) is 20.0. The van der Waals surface area contributed by atoms with Crippen LogP contribution in [0.2, 0.25) is 0 Å². The van der Waals surface area contributed by atoms with Crippen molar-refractivity contribution in [2.45, 2.75) is 13.3 Å². The second-order valence-corrected chi connectivity index (χ2v) is 4.93. The quantitative estimate of drug-likeness (QED) is 0.845. The molecule has 1 aliphatic rings. The van der Waals surface area contributed by atoms with Crippen LogP contribution >= 0.6 is 0 Å². The van der Waals surface area contributed by atoms with E-state index in [9.17, 15) is 4.79 Å². The van der Waals surface area contributed by atoms with E-state index in [0.717, 1.165) is 25.5 Å². The first-order valence-corrected chi connectivity index (χ1v) is 6.19. The highest BCUT2D eigenvalue weighted by Gasteiger charge is 2.19. The van der Waals surface area contributed by atoms with Crippen LogP contribution in [0, 0.1) is 12.8 Å². The number of carbonyl (C=O) groups is 1. The van der Waals surface area contributed by atoms with Crippen LogP contribution in [0.5, 0.6) is 0 Å². The lowest BCUT2D eigenvalue weighted by Gasteiger charge is -2.12. The van der Waals surface area contributed by atoms with E-state index in [1.807, 2.05) is 0 Å². The van der Waals surface area contributed by atoms with Crippen molar-refractivity contribution in [2.75, 3.05) is 32.0 Å². The predicted octanol–water partition coefficient (Wildman–Crippen LogP) is 1.45. The lowest BCUT2D eigenvalue weighted by molar-refractivity contribution is 0.0695. The summed E-state index contributed by atoms with van der Waals surface area (Å²) in [6.45, 7) is 4.87. The summed E-state index contributed by atoms with van der Waals surface area (Å²) in [7, 11) is 2.13. The second kappa shape index (κ2) is 5.35. The molecule has 0 bridgehead atoms. The number of aryl methyl sites for hydroxylation is 1. The van der Waals surface area contributed by atoms with E-state index in [1.165, 1.54) is 6.42 Å². The molecule has 0 saturated carbocycles. The summed E-state index contributed by atoms with van der Waals surface area (Å²) in [6, 6.07) is 3.34. The minimum absolute atomic E-state index is 0.265. The number of hydrogen-bond acceptors (Lipinski definition) is 4. The number of aromatic nitrogens is 1. The third-order valence-electron chi connectivity index (χ3n) is 3.38. The van der Waals surface area contributed by atoms with Crippen LogP contribution in [-0.4, -0.2) is 47.6 Å². The number of pyridine rings is 1. The van der Waals surface area contributed by atoms with Crippen molar-refractivity contribution >= 4 is 11.8 Å². The van der Waals surface area contributed by atoms with E-state index in [4.69, 9.17) is 5.11 Å². The number of carboxylic acid groups (broad SMARTS) is 1. The van der Waals surface area contributed by atoms with Crippen molar-refractivity contribution in [2.24, 2.45) is 5.92 Å². The maximum Gasteiger partial charge on any atom is 0.337 e. The zero-order valence-corrected chi connectivity index (χ0v) is 10.8. The van der Waals surface area contributed by atoms with E-state index >= 15 is 0 Å². The van der Waals surface area contributed by atoms with Gasteiger partial charge in [-0.1, -0.05) is 0 Å². The van der Waals surface area contributed by atoms with Crippen LogP contribution in [0.3, 0.4) is 0 Å². The van der Waals surface area contributed by atoms with Gasteiger partial charge in [0.05, 0.1) is 11.3 Å². The third kappa shape index (κ3) is 2.98. The molecule has 1 atom stereocenters. The van der Waals surface area contributed by atoms with Gasteiger partial charge < -0.3 is 15.3 Å². The average Bonchev–Trinajstić information content (AvgIpc) is 2.72. The Morgan fingerprint density at radius 3 is 2.94 bits per heavy atom. The largest absolute Gasteiger partial charge is 0.478 e. The molecule has 1 fully saturated rings. The van der Waals surface area contributed by atoms with Gasteiger partial charge in [-0.3, -0.25) is 0 Å². The van der Waals surface area contributed by atoms with Crippen LogP contribution < -0.4 is 5.32 Å². The van der Waals surface area contributed by atoms with Crippen LogP contribution in [0.1, 0.15) is 22.5 Å². The smallest absolute Gasteiger partial charge is 0.337 e. The van der Waals surface area contributed by atoms with Gasteiger partial charge in [0.2, 0.25) is 0 Å². The molecule has 0 radical (unpaired) electrons. The Bertz CT molecular complexity index is 448. The summed E-state index contributed by atoms with van der Waals surface area (Å²) < 4.78 is 0. The number of aromatic carboxylic acids is 1. The van der Waals surface area contributed by atoms with Crippen LogP contribution in [0.25, 0.3) is 0 Å². The lowest BCUT2D eigenvalue weighted by atomic mass is 10.1. The van der Waals surface area contributed by atoms with Crippen LogP contribution in [-0.2, 0) is 0 Å². The molecule has 0 spiro atoms. The fraction of sp³-hybridized carbons (Fsp3) is 0.538. The van der Waals surface area contributed by atoms with E-state index in [0.29, 0.717) is 11.6 Å². The second-order valence-electron chi connectivity index (χ2n) is 4.93. The molecule has 18 heavy (non-hydrogen) atoms. The molecule has 1 unspecified atom stereocenters. The molecule has 2 heterocycles. The van der Waals surface area contributed by atoms with E-state index < -0.39 is 5.97 Å². The Morgan fingerprint density at radius 2 is 2.39 bits per heavy atom. The van der Waals surface area contributed by atoms with Gasteiger partial charge in [-0.15, -0.1) is 0 Å². The molecule has 0 aromatic carbocycles. The van der Waals surface area contributed by atoms with E-state index in [-0.39, 0.29) is 5.56 Å². The number of rotatable bonds is 4. The minimum Gasteiger partial charge on any atom is -0.478 e. The molecule has 2 rings (SSSR count). The Kier molecular flexibility index (Phi) is 3.81. The Labute approximate surface area is 107 Å². The minimum atomic E-state index is -0.927. The Morgan fingerprint density at radius 1 is 1.61 bits per heavy atom. The molecule has 0 amide bonds. The van der Waals surface area contributed by atoms with Crippen LogP contribution in [0.4, 0.5) is 5.82 Å². The van der Waals surface area contributed by atoms with Gasteiger partial charge in [-0.05, 0) is 45.0 Å². The molecule has 1 aromatic heterocycles. The van der Waals surface area contributed by atoms with Crippen molar-refractivity contribution in [3.8, 4) is 0 Å². The van der Waals surface area contributed by atoms with Crippen molar-refractivity contribution in [3.05, 3.63) is 23.4 Å². The lowest BCUT2D eigenvalue weighted by Crippen LogP contribution is -2.19. The summed E-state index contributed by atoms with van der Waals surface area (Å²) in [5, 5.41) is 12.2. The fourth-order valence-corrected chi connectivity index (χ4v) is 2.33. The van der Waals surface area contributed by atoms with E-state index in [2.05, 4.69) is 22.2 Å². The molecule has 5 heteroatoms. The Hall–Kier alpha value is -1.62. The number of carboxylic acids is 1. The van der Waals surface area contributed by atoms with Gasteiger partial charge in [0, 0.05) is 13.1 Å². The van der Waals surface area contributed by atoms with Gasteiger partial charge in [0.25, 0.3) is 0 Å². The van der Waals surface area contributed by atoms with Crippen molar-refractivity contribution in [3.63, 3.8) is 0 Å². The highest BCUT2D eigenvalue weighted by molar-refractivity contribution is 5.89. The molecule has 5 nitrogen and oxygen atoms in total. The number of anilines is 1. The molecule has 2 N–H and O–H groups in total. The highest BCUT2D eigenvalue weighted by Crippen LogP contribution is 2.16. The van der Waals surface area contributed by atoms with Gasteiger partial charge >= 0.3 is 5.97 Å². The van der Waals surface area contributed by atoms with Crippen molar-refractivity contribution in [1.82, 2.24) is 9.88 Å². The number of likely N-dealkylation sites (tertiary alicyclic amines) is 1. The van der Waals surface area contributed by atoms with Crippen LogP contribution in [0.15, 0.2) is 12.1 Å². The summed E-state index contributed by atoms with van der Waals surface area (Å²) in [6.07, 6.45) is 1.20. The molecular formula is C13H19N3O2. The molecular weight excluding hydrogens is 230 g/mol. The number of nitrogens with one attached hydrogen (secondary N) is 1. The zero-order valence-electron chi connectivity index (χ0n) is 10.8. The fourth-order valence-electron chi connectivity index (χ4n) is 2.33. The first-order valence-electron chi connectivity index (χ1n) is 6.19. The van der Waals surface area contributed by atoms with Gasteiger partial charge in [0.1, 0.15) is 5.82 Å². The van der Waals surface area contributed by atoms with E-state index in [1.54, 1.807) is 19.1 Å². The standard InChI is InChI=1S/C13H19N3O2/c1-9-11(13(17)18)3-4-12(15-9)14-7-10-5-6-16(2)8-10/h3-4,10H,5-8H2,1-2H3,(H,14,15)(H,17,18). The van der Waals surface area contributed by atoms with Crippen molar-refractivity contribution in [1.29, 1.82) is 0 Å². The number of hydrogen-bond donors (Lipinski definition) is 2. The maximum absolute atomic E-state index is 10.9. The summed E-state index contributed by atoms with van der Waals surface area (Å²) in [4.78, 5) is 17.5. The molecule has 1 saturated heterocycles. The monoisotopic (exact) mass is 249 g/mol. The molecule has 1 aromatic rings. The first-order chi connectivity index (χ1) is 8.56. The molecule has 1 aliphatic heterocycles. The zero-order chi connectivity index (χ0) is 13.1. The predicted molar refractivity (Wildman–Crippen MR) is 70.0 cm³/mol. The summed E-state index contributed by atoms with van der Waals surface area (Å²) in [5.41, 5.74) is 0.817. The summed E-state index contributed by atoms with van der Waals surface area (Å²) in [5.74, 6) is 0.479. The SMILES string of the molecule is Cc1nc(NCC2CCN(C)C2)ccc1C(=O)O. The highest BCUT2D eigenvalue weighted by atomic mass is 16.4. The average molecular weight is 249 g/mol. The maximum atomic E-state index is 10.9. The first kappa shape index (κ1) is 12.8. The van der Waals surface area contributed by atoms with Gasteiger partial charge in [-0.2, -0.15) is 0 Å². The van der Waals surface area contributed by atoms with Gasteiger partial charge in [0.15, 0.2) is 0 Å². The van der Waals surface area contributed by atoms with Crippen molar-refractivity contribution < 1.29 is 9.90 Å². The van der Waals surface area contributed by atoms with Gasteiger partial charge in [-0.25, -0.2) is 9.78 Å². The topological polar surface area (TPSA) is 65.5 Å². The third-order valence-corrected chi connectivity index (χ3v) is 3.38. The molecule has 98 valence electrons.